The predicted octanol–water partition coefficient (Wildman–Crippen LogP) is 1.50. The van der Waals surface area contributed by atoms with E-state index < -0.39 is 27.9 Å². The zero-order valence-electron chi connectivity index (χ0n) is 13.3. The lowest BCUT2D eigenvalue weighted by atomic mass is 9.98. The summed E-state index contributed by atoms with van der Waals surface area (Å²) in [6.45, 7) is 3.56. The smallest absolute Gasteiger partial charge is 0.337 e. The molecule has 0 aliphatic carbocycles. The Kier molecular flexibility index (Phi) is 6.71. The fourth-order valence-electron chi connectivity index (χ4n) is 2.02. The lowest BCUT2D eigenvalue weighted by Crippen LogP contribution is -2.33. The summed E-state index contributed by atoms with van der Waals surface area (Å²) < 4.78 is 31.2. The number of aliphatic carboxylic acids is 1. The van der Waals surface area contributed by atoms with Gasteiger partial charge in [0, 0.05) is 6.54 Å². The minimum Gasteiger partial charge on any atom is -0.481 e. The number of carbonyl (C=O) groups is 2. The van der Waals surface area contributed by atoms with Crippen molar-refractivity contribution in [1.29, 1.82) is 0 Å². The second kappa shape index (κ2) is 8.07. The third kappa shape index (κ3) is 5.65. The Balaban J connectivity index is 2.82. The van der Waals surface area contributed by atoms with Crippen LogP contribution in [0.2, 0.25) is 0 Å². The van der Waals surface area contributed by atoms with Crippen molar-refractivity contribution in [2.75, 3.05) is 13.7 Å². The number of methoxy groups -OCH3 is 1. The number of carboxylic acid groups (broad SMARTS) is 1. The molecule has 128 valence electrons. The van der Waals surface area contributed by atoms with Gasteiger partial charge in [0.25, 0.3) is 0 Å². The Bertz CT molecular complexity index is 651. The van der Waals surface area contributed by atoms with Crippen LogP contribution in [0.5, 0.6) is 0 Å². The Morgan fingerprint density at radius 3 is 2.22 bits per heavy atom. The number of benzene rings is 1. The van der Waals surface area contributed by atoms with Crippen LogP contribution < -0.4 is 4.72 Å². The third-order valence-electron chi connectivity index (χ3n) is 3.21. The van der Waals surface area contributed by atoms with E-state index >= 15 is 0 Å². The molecule has 1 unspecified atom stereocenters. The number of carbonyl (C=O) groups excluding carboxylic acids is 1. The second-order valence-corrected chi connectivity index (χ2v) is 7.30. The normalized spacial score (nSPS) is 12.9. The number of sulfonamides is 1. The highest BCUT2D eigenvalue weighted by atomic mass is 32.2. The van der Waals surface area contributed by atoms with Crippen LogP contribution in [0.1, 0.15) is 30.6 Å². The zero-order chi connectivity index (χ0) is 17.6. The number of hydrogen-bond acceptors (Lipinski definition) is 5. The third-order valence-corrected chi connectivity index (χ3v) is 4.65. The molecule has 0 amide bonds. The Morgan fingerprint density at radius 2 is 1.78 bits per heavy atom. The van der Waals surface area contributed by atoms with Crippen LogP contribution in [0.25, 0.3) is 0 Å². The largest absolute Gasteiger partial charge is 0.481 e. The summed E-state index contributed by atoms with van der Waals surface area (Å²) in [5, 5.41) is 9.13. The van der Waals surface area contributed by atoms with Crippen molar-refractivity contribution >= 4 is 22.0 Å². The maximum atomic E-state index is 12.2. The summed E-state index contributed by atoms with van der Waals surface area (Å²) in [5.74, 6) is -2.26. The van der Waals surface area contributed by atoms with Crippen LogP contribution in [-0.4, -0.2) is 39.1 Å². The maximum Gasteiger partial charge on any atom is 0.337 e. The molecule has 1 rings (SSSR count). The van der Waals surface area contributed by atoms with Crippen molar-refractivity contribution in [3.05, 3.63) is 29.8 Å². The molecule has 2 N–H and O–H groups in total. The van der Waals surface area contributed by atoms with Crippen LogP contribution in [0.3, 0.4) is 0 Å². The van der Waals surface area contributed by atoms with Gasteiger partial charge in [-0.1, -0.05) is 13.8 Å². The van der Waals surface area contributed by atoms with Crippen LogP contribution in [0.4, 0.5) is 0 Å². The van der Waals surface area contributed by atoms with Crippen molar-refractivity contribution < 1.29 is 27.9 Å². The molecule has 7 nitrogen and oxygen atoms in total. The van der Waals surface area contributed by atoms with Gasteiger partial charge in [0.2, 0.25) is 10.0 Å². The number of esters is 1. The second-order valence-electron chi connectivity index (χ2n) is 5.53. The summed E-state index contributed by atoms with van der Waals surface area (Å²) in [7, 11) is -2.61. The molecule has 0 aliphatic rings. The lowest BCUT2D eigenvalue weighted by molar-refractivity contribution is -0.142. The minimum absolute atomic E-state index is 0.0427. The van der Waals surface area contributed by atoms with Gasteiger partial charge >= 0.3 is 11.9 Å². The van der Waals surface area contributed by atoms with E-state index in [2.05, 4.69) is 9.46 Å². The fourth-order valence-corrected chi connectivity index (χ4v) is 3.10. The molecule has 0 fully saturated rings. The Morgan fingerprint density at radius 1 is 1.22 bits per heavy atom. The molecule has 0 aliphatic heterocycles. The molecule has 0 aromatic heterocycles. The molecular weight excluding hydrogens is 322 g/mol. The molecule has 0 bridgehead atoms. The highest BCUT2D eigenvalue weighted by Gasteiger charge is 2.22. The van der Waals surface area contributed by atoms with E-state index in [1.54, 1.807) is 0 Å². The molecule has 8 heteroatoms. The molecular formula is C15H21NO6S. The van der Waals surface area contributed by atoms with Gasteiger partial charge in [0.05, 0.1) is 23.5 Å². The van der Waals surface area contributed by atoms with E-state index in [4.69, 9.17) is 5.11 Å². The first-order chi connectivity index (χ1) is 10.7. The van der Waals surface area contributed by atoms with Gasteiger partial charge in [-0.15, -0.1) is 0 Å². The van der Waals surface area contributed by atoms with E-state index in [-0.39, 0.29) is 22.9 Å². The molecule has 0 saturated heterocycles. The minimum atomic E-state index is -3.84. The summed E-state index contributed by atoms with van der Waals surface area (Å²) in [6.07, 6.45) is 0.374. The molecule has 0 saturated carbocycles. The number of nitrogens with one attached hydrogen (secondary N) is 1. The molecule has 23 heavy (non-hydrogen) atoms. The van der Waals surface area contributed by atoms with Crippen LogP contribution in [-0.2, 0) is 19.6 Å². The monoisotopic (exact) mass is 343 g/mol. The molecule has 1 aromatic carbocycles. The van der Waals surface area contributed by atoms with E-state index in [1.165, 1.54) is 31.4 Å². The lowest BCUT2D eigenvalue weighted by Gasteiger charge is -2.15. The van der Waals surface area contributed by atoms with Crippen LogP contribution in [0.15, 0.2) is 29.2 Å². The molecule has 1 aromatic rings. The molecule has 0 heterocycles. The first-order valence-corrected chi connectivity index (χ1v) is 8.56. The average Bonchev–Trinajstić information content (AvgIpc) is 2.50. The van der Waals surface area contributed by atoms with Gasteiger partial charge < -0.3 is 9.84 Å². The van der Waals surface area contributed by atoms with Crippen molar-refractivity contribution in [1.82, 2.24) is 4.72 Å². The van der Waals surface area contributed by atoms with Crippen LogP contribution in [0, 0.1) is 11.8 Å². The number of ether oxygens (including phenoxy) is 1. The van der Waals surface area contributed by atoms with Gasteiger partial charge in [-0.25, -0.2) is 17.9 Å². The SMILES string of the molecule is COC(=O)c1ccc(S(=O)(=O)NCC(CC(C)C)C(=O)O)cc1. The van der Waals surface area contributed by atoms with E-state index in [9.17, 15) is 18.0 Å². The van der Waals surface area contributed by atoms with Gasteiger partial charge in [-0.3, -0.25) is 4.79 Å². The summed E-state index contributed by atoms with van der Waals surface area (Å²) in [4.78, 5) is 22.4. The predicted molar refractivity (Wildman–Crippen MR) is 83.6 cm³/mol. The van der Waals surface area contributed by atoms with E-state index in [0.717, 1.165) is 0 Å². The van der Waals surface area contributed by atoms with Crippen molar-refractivity contribution in [3.63, 3.8) is 0 Å². The molecule has 0 radical (unpaired) electrons. The topological polar surface area (TPSA) is 110 Å². The van der Waals surface area contributed by atoms with Crippen molar-refractivity contribution in [2.45, 2.75) is 25.2 Å². The molecule has 0 spiro atoms. The number of rotatable bonds is 8. The quantitative estimate of drug-likeness (QED) is 0.692. The summed E-state index contributed by atoms with van der Waals surface area (Å²) >= 11 is 0. The molecule has 1 atom stereocenters. The number of carboxylic acids is 1. The van der Waals surface area contributed by atoms with Crippen LogP contribution >= 0.6 is 0 Å². The van der Waals surface area contributed by atoms with E-state index in [1.807, 2.05) is 13.8 Å². The first kappa shape index (κ1) is 19.1. The van der Waals surface area contributed by atoms with Crippen molar-refractivity contribution in [2.24, 2.45) is 11.8 Å². The van der Waals surface area contributed by atoms with Crippen molar-refractivity contribution in [3.8, 4) is 0 Å². The Hall–Kier alpha value is -1.93. The highest BCUT2D eigenvalue weighted by molar-refractivity contribution is 7.89. The van der Waals surface area contributed by atoms with E-state index in [0.29, 0.717) is 6.42 Å². The standard InChI is InChI=1S/C15H21NO6S/c1-10(2)8-12(14(17)18)9-16-23(20,21)13-6-4-11(5-7-13)15(19)22-3/h4-7,10,12,16H,8-9H2,1-3H3,(H,17,18). The summed E-state index contributed by atoms with van der Waals surface area (Å²) in [6, 6.07) is 5.21. The van der Waals surface area contributed by atoms with Gasteiger partial charge in [-0.05, 0) is 36.6 Å². The fraction of sp³-hybridized carbons (Fsp3) is 0.467. The van der Waals surface area contributed by atoms with Gasteiger partial charge in [0.1, 0.15) is 0 Å². The highest BCUT2D eigenvalue weighted by Crippen LogP contribution is 2.14. The maximum absolute atomic E-state index is 12.2. The summed E-state index contributed by atoms with van der Waals surface area (Å²) in [5.41, 5.74) is 0.231. The Labute approximate surface area is 135 Å². The number of hydrogen-bond donors (Lipinski definition) is 2. The zero-order valence-corrected chi connectivity index (χ0v) is 14.1. The van der Waals surface area contributed by atoms with Gasteiger partial charge in [0.15, 0.2) is 0 Å². The first-order valence-electron chi connectivity index (χ1n) is 7.08. The van der Waals surface area contributed by atoms with Gasteiger partial charge in [-0.2, -0.15) is 0 Å². The average molecular weight is 343 g/mol.